The van der Waals surface area contributed by atoms with Crippen LogP contribution < -0.4 is 0 Å². The van der Waals surface area contributed by atoms with Crippen molar-refractivity contribution in [2.24, 2.45) is 11.8 Å². The van der Waals surface area contributed by atoms with Gasteiger partial charge in [-0.25, -0.2) is 0 Å². The highest BCUT2D eigenvalue weighted by Crippen LogP contribution is 2.54. The van der Waals surface area contributed by atoms with Crippen LogP contribution in [0.15, 0.2) is 24.3 Å². The molecule has 0 aliphatic carbocycles. The van der Waals surface area contributed by atoms with E-state index in [1.54, 1.807) is 7.11 Å². The molecule has 13 nitrogen and oxygen atoms in total. The van der Waals surface area contributed by atoms with Crippen molar-refractivity contribution >= 4 is 5.78 Å². The average Bonchev–Trinajstić information content (AvgIpc) is 3.87. The van der Waals surface area contributed by atoms with Crippen LogP contribution in [-0.4, -0.2) is 159 Å². The fraction of sp³-hybridized carbons (Fsp3) is 0.886. The maximum Gasteiger partial charge on any atom is 0.172 e. The fourth-order valence-electron chi connectivity index (χ4n) is 12.3. The van der Waals surface area contributed by atoms with Crippen molar-refractivity contribution in [1.82, 2.24) is 4.90 Å². The normalized spacial score (nSPS) is 50.8. The Bertz CT molecular complexity index is 1510. The Hall–Kier alpha value is -1.33. The van der Waals surface area contributed by atoms with Gasteiger partial charge in [0.25, 0.3) is 0 Å². The molecule has 13 heteroatoms. The molecule has 12 bridgehead atoms. The largest absolute Gasteiger partial charge is 0.392 e. The van der Waals surface area contributed by atoms with Gasteiger partial charge >= 0.3 is 0 Å². The minimum Gasteiger partial charge on any atom is -0.392 e. The first-order valence-electron chi connectivity index (χ1n) is 22.3. The molecule has 0 aromatic rings. The average molecular weight is 800 g/mol. The van der Waals surface area contributed by atoms with Gasteiger partial charge in [0.2, 0.25) is 0 Å². The van der Waals surface area contributed by atoms with E-state index in [9.17, 15) is 9.90 Å². The van der Waals surface area contributed by atoms with Crippen molar-refractivity contribution in [3.63, 3.8) is 0 Å². The smallest absolute Gasteiger partial charge is 0.172 e. The summed E-state index contributed by atoms with van der Waals surface area (Å²) < 4.78 is 66.2. The van der Waals surface area contributed by atoms with Gasteiger partial charge in [-0.05, 0) is 62.0 Å². The maximum absolute atomic E-state index is 14.3. The molecule has 11 rings (SSSR count). The Morgan fingerprint density at radius 3 is 2.39 bits per heavy atom. The van der Waals surface area contributed by atoms with Crippen LogP contribution in [0.25, 0.3) is 0 Å². The number of aliphatic hydroxyl groups is 1. The molecule has 0 aromatic heterocycles. The second-order valence-corrected chi connectivity index (χ2v) is 19.1. The first kappa shape index (κ1) is 39.8. The van der Waals surface area contributed by atoms with Crippen molar-refractivity contribution in [2.45, 2.75) is 194 Å². The third kappa shape index (κ3) is 7.77. The summed E-state index contributed by atoms with van der Waals surface area (Å²) >= 11 is 0. The topological polar surface area (TPSA) is 133 Å². The molecule has 0 aromatic carbocycles. The number of carbonyl (C=O) groups excluding carboxylic acids is 1. The van der Waals surface area contributed by atoms with Crippen molar-refractivity contribution in [3.05, 3.63) is 24.3 Å². The van der Waals surface area contributed by atoms with Crippen molar-refractivity contribution in [3.8, 4) is 0 Å². The minimum absolute atomic E-state index is 0.0158. The van der Waals surface area contributed by atoms with Crippen LogP contribution in [0.1, 0.15) is 90.4 Å². The van der Waals surface area contributed by atoms with E-state index in [0.29, 0.717) is 45.4 Å². The lowest BCUT2D eigenvalue weighted by Crippen LogP contribution is -2.61. The molecular formula is C44H65NO12. The Morgan fingerprint density at radius 2 is 1.54 bits per heavy atom. The number of ether oxygens (including phenoxy) is 10. The number of Topliss-reactive ketones (excluding diaryl/α,β-unsaturated/α-hetero) is 1. The van der Waals surface area contributed by atoms with Gasteiger partial charge in [0.1, 0.15) is 36.3 Å². The number of fused-ring (bicyclic) bond motifs is 6. The Balaban J connectivity index is 0.908. The molecule has 11 fully saturated rings. The number of aliphatic hydroxyl groups excluding tert-OH is 1. The predicted molar refractivity (Wildman–Crippen MR) is 204 cm³/mol. The molecule has 57 heavy (non-hydrogen) atoms. The van der Waals surface area contributed by atoms with Crippen LogP contribution in [-0.2, 0) is 52.2 Å². The molecule has 11 heterocycles. The number of ketones is 1. The van der Waals surface area contributed by atoms with E-state index in [2.05, 4.69) is 25.0 Å². The second-order valence-electron chi connectivity index (χ2n) is 19.1. The maximum atomic E-state index is 14.3. The lowest BCUT2D eigenvalue weighted by molar-refractivity contribution is -0.292. The van der Waals surface area contributed by atoms with Crippen LogP contribution in [0.3, 0.4) is 0 Å². The number of nitrogens with zero attached hydrogens (tertiary/aromatic N) is 1. The van der Waals surface area contributed by atoms with Crippen LogP contribution in [0.2, 0.25) is 0 Å². The van der Waals surface area contributed by atoms with E-state index in [1.165, 1.54) is 0 Å². The highest BCUT2D eigenvalue weighted by molar-refractivity contribution is 5.79. The van der Waals surface area contributed by atoms with E-state index in [4.69, 9.17) is 47.4 Å². The molecule has 0 unspecified atom stereocenters. The lowest BCUT2D eigenvalue weighted by atomic mass is 9.81. The Morgan fingerprint density at radius 1 is 0.789 bits per heavy atom. The van der Waals surface area contributed by atoms with Crippen LogP contribution >= 0.6 is 0 Å². The van der Waals surface area contributed by atoms with E-state index >= 15 is 0 Å². The molecule has 1 N–H and O–H groups in total. The third-order valence-corrected chi connectivity index (χ3v) is 15.3. The molecule has 11 saturated heterocycles. The fourth-order valence-corrected chi connectivity index (χ4v) is 12.3. The molecular weight excluding hydrogens is 734 g/mol. The summed E-state index contributed by atoms with van der Waals surface area (Å²) in [6, 6.07) is 0. The van der Waals surface area contributed by atoms with Gasteiger partial charge in [0.05, 0.1) is 80.4 Å². The number of rotatable bonds is 5. The van der Waals surface area contributed by atoms with Gasteiger partial charge in [0, 0.05) is 71.2 Å². The SMILES string of the molecule is C=C1C[C@@H]2CC[C@@]34C[C@H]5O[C@H]6[C@@H](O3)[C@H]3O[C@H](CC[C@@H]3O[C@H]6[C@H]5O4)CC(=O)C[C@@H]3[C@@H](OC)[C@@H](C[C@H](O)CN4CCOCC4)O[C@H]3C[C@H]3O[C@@H](CC[C@@H]1O2)C[C@@H](C)C3=C. The highest BCUT2D eigenvalue weighted by Gasteiger charge is 2.68. The van der Waals surface area contributed by atoms with Crippen molar-refractivity contribution in [2.75, 3.05) is 40.0 Å². The zero-order valence-electron chi connectivity index (χ0n) is 33.9. The third-order valence-electron chi connectivity index (χ3n) is 15.3. The summed E-state index contributed by atoms with van der Waals surface area (Å²) in [6.45, 7) is 14.7. The lowest BCUT2D eigenvalue weighted by Gasteiger charge is -2.47. The summed E-state index contributed by atoms with van der Waals surface area (Å²) in [4.78, 5) is 16.5. The zero-order valence-corrected chi connectivity index (χ0v) is 33.9. The van der Waals surface area contributed by atoms with Gasteiger partial charge < -0.3 is 52.5 Å². The minimum atomic E-state index is -0.782. The number of β-amino-alcohol motifs (C(OH)–C–C–N with tert-alkyl or cyclic N) is 1. The number of hydrogen-bond acceptors (Lipinski definition) is 13. The number of carbonyl (C=O) groups is 1. The van der Waals surface area contributed by atoms with Gasteiger partial charge in [-0.3, -0.25) is 9.69 Å². The van der Waals surface area contributed by atoms with E-state index in [1.807, 2.05) is 0 Å². The first-order valence-corrected chi connectivity index (χ1v) is 22.3. The molecule has 0 radical (unpaired) electrons. The van der Waals surface area contributed by atoms with Gasteiger partial charge in [0.15, 0.2) is 5.79 Å². The quantitative estimate of drug-likeness (QED) is 0.405. The molecule has 1 spiro atoms. The summed E-state index contributed by atoms with van der Waals surface area (Å²) in [5, 5.41) is 11.3. The molecule has 11 aliphatic heterocycles. The van der Waals surface area contributed by atoms with E-state index < -0.39 is 11.9 Å². The molecule has 0 amide bonds. The van der Waals surface area contributed by atoms with Gasteiger partial charge in [-0.2, -0.15) is 0 Å². The zero-order chi connectivity index (χ0) is 39.0. The van der Waals surface area contributed by atoms with Crippen LogP contribution in [0.4, 0.5) is 0 Å². The molecule has 11 aliphatic rings. The van der Waals surface area contributed by atoms with Crippen molar-refractivity contribution < 1.29 is 57.3 Å². The Kier molecular flexibility index (Phi) is 11.3. The standard InChI is InChI=1S/C44H65NO12/c1-23-15-28-5-7-32-24(2)16-30(50-32)9-10-44-21-37-40(56-44)41-42(55-37)43(57-44)39-33(54-41)8-6-29(52-39)17-26(46)18-31-35(20-34(51-28)25(23)3)53-36(38(31)48-4)19-27(47)22-45-11-13-49-14-12-45/h23,27-43,47H,2-3,5-22H2,1,4H3/t23-,27+,28+,29-,30+,31+,32+,33+,34-,35+,36-,37-,38-,39+,40+,41+,42-,43+,44+/m1/s1. The molecule has 0 saturated carbocycles. The highest BCUT2D eigenvalue weighted by atomic mass is 16.8. The molecule has 19 atom stereocenters. The summed E-state index contributed by atoms with van der Waals surface area (Å²) in [6.07, 6.45) is 5.19. The summed E-state index contributed by atoms with van der Waals surface area (Å²) in [5.74, 6) is -0.592. The number of morpholine rings is 1. The number of methoxy groups -OCH3 is 1. The van der Waals surface area contributed by atoms with E-state index in [0.717, 1.165) is 69.2 Å². The monoisotopic (exact) mass is 799 g/mol. The summed E-state index contributed by atoms with van der Waals surface area (Å²) in [5.41, 5.74) is 2.22. The first-order chi connectivity index (χ1) is 27.6. The summed E-state index contributed by atoms with van der Waals surface area (Å²) in [7, 11) is 1.70. The number of hydrogen-bond donors (Lipinski definition) is 1. The van der Waals surface area contributed by atoms with E-state index in [-0.39, 0.29) is 122 Å². The van der Waals surface area contributed by atoms with Gasteiger partial charge in [-0.15, -0.1) is 0 Å². The van der Waals surface area contributed by atoms with Crippen molar-refractivity contribution in [1.29, 1.82) is 0 Å². The van der Waals surface area contributed by atoms with Crippen LogP contribution in [0.5, 0.6) is 0 Å². The predicted octanol–water partition coefficient (Wildman–Crippen LogP) is 3.81. The molecule has 318 valence electrons. The van der Waals surface area contributed by atoms with Crippen LogP contribution in [0, 0.1) is 11.8 Å². The second kappa shape index (κ2) is 16.2. The Labute approximate surface area is 337 Å². The van der Waals surface area contributed by atoms with Gasteiger partial charge in [-0.1, -0.05) is 20.1 Å².